The number of benzene rings is 1. The third-order valence-electron chi connectivity index (χ3n) is 2.78. The fourth-order valence-corrected chi connectivity index (χ4v) is 1.68. The topological polar surface area (TPSA) is 85.3 Å². The molecule has 108 valence electrons. The van der Waals surface area contributed by atoms with Crippen LogP contribution in [-0.2, 0) is 4.79 Å². The highest BCUT2D eigenvalue weighted by atomic mass is 16.7. The van der Waals surface area contributed by atoms with Gasteiger partial charge < -0.3 is 24.2 Å². The van der Waals surface area contributed by atoms with E-state index in [-0.39, 0.29) is 37.0 Å². The Bertz CT molecular complexity index is 540. The van der Waals surface area contributed by atoms with E-state index in [0.29, 0.717) is 11.5 Å². The maximum absolute atomic E-state index is 11.4. The SMILES string of the molecule is CN(C)C(=O)CCOc1cc2c(cc1C(=O)O)OCO2. The van der Waals surface area contributed by atoms with Gasteiger partial charge in [0.15, 0.2) is 11.5 Å². The maximum atomic E-state index is 11.4. The highest BCUT2D eigenvalue weighted by Crippen LogP contribution is 2.38. The van der Waals surface area contributed by atoms with Crippen LogP contribution in [0.25, 0.3) is 0 Å². The molecule has 1 aromatic rings. The molecule has 1 N–H and O–H groups in total. The van der Waals surface area contributed by atoms with Gasteiger partial charge in [-0.15, -0.1) is 0 Å². The van der Waals surface area contributed by atoms with E-state index in [2.05, 4.69) is 0 Å². The van der Waals surface area contributed by atoms with E-state index < -0.39 is 5.97 Å². The summed E-state index contributed by atoms with van der Waals surface area (Å²) in [5, 5.41) is 9.14. The van der Waals surface area contributed by atoms with Crippen LogP contribution in [0.15, 0.2) is 12.1 Å². The molecule has 0 radical (unpaired) electrons. The molecule has 1 heterocycles. The van der Waals surface area contributed by atoms with Crippen LogP contribution in [-0.4, -0.2) is 49.4 Å². The molecule has 1 aliphatic heterocycles. The molecule has 0 bridgehead atoms. The molecule has 0 spiro atoms. The molecular weight excluding hydrogens is 266 g/mol. The molecule has 7 heteroatoms. The Labute approximate surface area is 115 Å². The molecule has 0 aliphatic carbocycles. The Morgan fingerprint density at radius 2 is 1.95 bits per heavy atom. The van der Waals surface area contributed by atoms with E-state index in [0.717, 1.165) is 0 Å². The van der Waals surface area contributed by atoms with E-state index in [9.17, 15) is 9.59 Å². The van der Waals surface area contributed by atoms with Crippen LogP contribution in [0.3, 0.4) is 0 Å². The molecule has 2 rings (SSSR count). The highest BCUT2D eigenvalue weighted by Gasteiger charge is 2.21. The van der Waals surface area contributed by atoms with Gasteiger partial charge >= 0.3 is 5.97 Å². The first-order valence-corrected chi connectivity index (χ1v) is 5.99. The van der Waals surface area contributed by atoms with Gasteiger partial charge in [-0.3, -0.25) is 4.79 Å². The number of carboxylic acid groups (broad SMARTS) is 1. The van der Waals surface area contributed by atoms with Crippen LogP contribution in [0.2, 0.25) is 0 Å². The molecule has 0 saturated carbocycles. The first-order chi connectivity index (χ1) is 9.49. The number of ether oxygens (including phenoxy) is 3. The Morgan fingerprint density at radius 1 is 1.30 bits per heavy atom. The van der Waals surface area contributed by atoms with Crippen LogP contribution < -0.4 is 14.2 Å². The molecule has 0 aromatic heterocycles. The van der Waals surface area contributed by atoms with Crippen LogP contribution >= 0.6 is 0 Å². The second-order valence-corrected chi connectivity index (χ2v) is 4.39. The predicted octanol–water partition coefficient (Wildman–Crippen LogP) is 0.971. The molecule has 1 amide bonds. The zero-order chi connectivity index (χ0) is 14.7. The van der Waals surface area contributed by atoms with Crippen molar-refractivity contribution in [3.8, 4) is 17.2 Å². The lowest BCUT2D eigenvalue weighted by atomic mass is 10.2. The first kappa shape index (κ1) is 14.0. The number of hydrogen-bond donors (Lipinski definition) is 1. The highest BCUT2D eigenvalue weighted by molar-refractivity contribution is 5.92. The van der Waals surface area contributed by atoms with Crippen molar-refractivity contribution in [2.24, 2.45) is 0 Å². The number of aromatic carboxylic acids is 1. The maximum Gasteiger partial charge on any atom is 0.339 e. The molecule has 1 aliphatic rings. The van der Waals surface area contributed by atoms with Crippen molar-refractivity contribution in [2.45, 2.75) is 6.42 Å². The van der Waals surface area contributed by atoms with Crippen molar-refractivity contribution in [3.05, 3.63) is 17.7 Å². The Kier molecular flexibility index (Phi) is 3.97. The summed E-state index contributed by atoms with van der Waals surface area (Å²) in [5.74, 6) is -0.254. The fourth-order valence-electron chi connectivity index (χ4n) is 1.68. The van der Waals surface area contributed by atoms with E-state index in [1.54, 1.807) is 14.1 Å². The van der Waals surface area contributed by atoms with E-state index in [1.165, 1.54) is 17.0 Å². The largest absolute Gasteiger partial charge is 0.492 e. The van der Waals surface area contributed by atoms with Crippen molar-refractivity contribution < 1.29 is 28.9 Å². The summed E-state index contributed by atoms with van der Waals surface area (Å²) in [7, 11) is 3.29. The fraction of sp³-hybridized carbons (Fsp3) is 0.385. The van der Waals surface area contributed by atoms with Gasteiger partial charge in [-0.05, 0) is 0 Å². The van der Waals surface area contributed by atoms with Crippen molar-refractivity contribution >= 4 is 11.9 Å². The van der Waals surface area contributed by atoms with Gasteiger partial charge in [-0.2, -0.15) is 0 Å². The van der Waals surface area contributed by atoms with Crippen molar-refractivity contribution in [2.75, 3.05) is 27.5 Å². The minimum absolute atomic E-state index is 0.0217. The quantitative estimate of drug-likeness (QED) is 0.865. The number of hydrogen-bond acceptors (Lipinski definition) is 5. The Morgan fingerprint density at radius 3 is 2.55 bits per heavy atom. The second-order valence-electron chi connectivity index (χ2n) is 4.39. The number of amides is 1. The summed E-state index contributed by atoms with van der Waals surface area (Å²) in [6, 6.07) is 2.82. The van der Waals surface area contributed by atoms with Gasteiger partial charge in [0.25, 0.3) is 0 Å². The lowest BCUT2D eigenvalue weighted by Crippen LogP contribution is -2.23. The van der Waals surface area contributed by atoms with Gasteiger partial charge in [-0.25, -0.2) is 4.79 Å². The van der Waals surface area contributed by atoms with Crippen LogP contribution in [0.4, 0.5) is 0 Å². The molecule has 7 nitrogen and oxygen atoms in total. The summed E-state index contributed by atoms with van der Waals surface area (Å²) in [5.41, 5.74) is -0.0217. The third kappa shape index (κ3) is 2.93. The Hall–Kier alpha value is -2.44. The number of carbonyl (C=O) groups is 2. The Balaban J connectivity index is 2.10. The van der Waals surface area contributed by atoms with E-state index in [1.807, 2.05) is 0 Å². The number of carbonyl (C=O) groups excluding carboxylic acids is 1. The van der Waals surface area contributed by atoms with Gasteiger partial charge in [0, 0.05) is 26.2 Å². The molecule has 0 fully saturated rings. The lowest BCUT2D eigenvalue weighted by molar-refractivity contribution is -0.129. The normalized spacial score (nSPS) is 12.1. The van der Waals surface area contributed by atoms with Crippen LogP contribution in [0.5, 0.6) is 17.2 Å². The van der Waals surface area contributed by atoms with Gasteiger partial charge in [-0.1, -0.05) is 0 Å². The minimum atomic E-state index is -1.13. The van der Waals surface area contributed by atoms with Crippen molar-refractivity contribution in [3.63, 3.8) is 0 Å². The van der Waals surface area contributed by atoms with Crippen LogP contribution in [0, 0.1) is 0 Å². The summed E-state index contributed by atoms with van der Waals surface area (Å²) in [6.45, 7) is 0.147. The minimum Gasteiger partial charge on any atom is -0.492 e. The summed E-state index contributed by atoms with van der Waals surface area (Å²) in [6.07, 6.45) is 0.167. The number of fused-ring (bicyclic) bond motifs is 1. The number of rotatable bonds is 5. The van der Waals surface area contributed by atoms with E-state index >= 15 is 0 Å². The molecular formula is C13H15NO6. The van der Waals surface area contributed by atoms with Crippen molar-refractivity contribution in [1.29, 1.82) is 0 Å². The molecule has 20 heavy (non-hydrogen) atoms. The molecule has 0 atom stereocenters. The van der Waals surface area contributed by atoms with Crippen molar-refractivity contribution in [1.82, 2.24) is 4.90 Å². The zero-order valence-corrected chi connectivity index (χ0v) is 11.2. The summed E-state index contributed by atoms with van der Waals surface area (Å²) in [4.78, 5) is 24.0. The monoisotopic (exact) mass is 281 g/mol. The number of nitrogens with zero attached hydrogens (tertiary/aromatic N) is 1. The average Bonchev–Trinajstić information content (AvgIpc) is 2.84. The smallest absolute Gasteiger partial charge is 0.339 e. The predicted molar refractivity (Wildman–Crippen MR) is 68.3 cm³/mol. The molecule has 1 aromatic carbocycles. The number of carboxylic acids is 1. The average molecular weight is 281 g/mol. The second kappa shape index (κ2) is 5.68. The third-order valence-corrected chi connectivity index (χ3v) is 2.78. The molecule has 0 unspecified atom stereocenters. The van der Waals surface area contributed by atoms with Gasteiger partial charge in [0.2, 0.25) is 12.7 Å². The first-order valence-electron chi connectivity index (χ1n) is 5.99. The van der Waals surface area contributed by atoms with Gasteiger partial charge in [0.05, 0.1) is 13.0 Å². The van der Waals surface area contributed by atoms with E-state index in [4.69, 9.17) is 19.3 Å². The van der Waals surface area contributed by atoms with Gasteiger partial charge in [0.1, 0.15) is 11.3 Å². The summed E-state index contributed by atoms with van der Waals surface area (Å²) >= 11 is 0. The summed E-state index contributed by atoms with van der Waals surface area (Å²) < 4.78 is 15.7. The standard InChI is InChI=1S/C13H15NO6/c1-14(2)12(15)3-4-18-9-6-11-10(19-7-20-11)5-8(9)13(16)17/h5-6H,3-4,7H2,1-2H3,(H,16,17). The lowest BCUT2D eigenvalue weighted by Gasteiger charge is -2.12. The molecule has 0 saturated heterocycles. The zero-order valence-electron chi connectivity index (χ0n) is 11.2. The van der Waals surface area contributed by atoms with Crippen LogP contribution in [0.1, 0.15) is 16.8 Å².